The van der Waals surface area contributed by atoms with Crippen LogP contribution in [0.1, 0.15) is 5.56 Å². The number of hydrogen-bond donors (Lipinski definition) is 2. The lowest BCUT2D eigenvalue weighted by atomic mass is 10.2. The van der Waals surface area contributed by atoms with Crippen LogP contribution in [0.15, 0.2) is 21.7 Å². The predicted octanol–water partition coefficient (Wildman–Crippen LogP) is 1.75. The predicted molar refractivity (Wildman–Crippen MR) is 65.6 cm³/mol. The second kappa shape index (κ2) is 5.96. The average molecular weight is 318 g/mol. The third kappa shape index (κ3) is 3.42. The van der Waals surface area contributed by atoms with Crippen LogP contribution in [-0.2, 0) is 4.74 Å². The van der Waals surface area contributed by atoms with Gasteiger partial charge in [-0.15, -0.1) is 0 Å². The molecule has 0 aliphatic heterocycles. The summed E-state index contributed by atoms with van der Waals surface area (Å²) in [6.07, 6.45) is 0.263. The van der Waals surface area contributed by atoms with Crippen molar-refractivity contribution >= 4 is 33.9 Å². The molecule has 0 radical (unpaired) electrons. The molecule has 0 fully saturated rings. The quantitative estimate of drug-likeness (QED) is 0.500. The molecule has 8 nitrogen and oxygen atoms in total. The smallest absolute Gasteiger partial charge is 0.427 e. The number of carbonyl (C=O) groups is 1. The summed E-state index contributed by atoms with van der Waals surface area (Å²) >= 11 is 2.97. The molecule has 0 aliphatic rings. The molecule has 0 saturated heterocycles. The van der Waals surface area contributed by atoms with Crippen LogP contribution in [-0.4, -0.2) is 29.4 Å². The number of phenolic OH excluding ortho intramolecular Hbond substituents is 1. The van der Waals surface area contributed by atoms with Crippen molar-refractivity contribution in [3.8, 4) is 5.75 Å². The van der Waals surface area contributed by atoms with E-state index in [1.807, 2.05) is 5.43 Å². The number of benzene rings is 1. The van der Waals surface area contributed by atoms with Gasteiger partial charge in [0, 0.05) is 17.7 Å². The zero-order valence-corrected chi connectivity index (χ0v) is 10.7. The molecule has 1 amide bonds. The maximum atomic E-state index is 10.7. The van der Waals surface area contributed by atoms with Crippen LogP contribution in [0.3, 0.4) is 0 Å². The first kappa shape index (κ1) is 13.9. The van der Waals surface area contributed by atoms with Crippen molar-refractivity contribution in [3.05, 3.63) is 32.3 Å². The van der Waals surface area contributed by atoms with Gasteiger partial charge < -0.3 is 9.84 Å². The van der Waals surface area contributed by atoms with E-state index in [4.69, 9.17) is 0 Å². The highest BCUT2D eigenvalue weighted by atomic mass is 79.9. The largest absolute Gasteiger partial charge is 0.506 e. The van der Waals surface area contributed by atoms with Crippen molar-refractivity contribution < 1.29 is 19.6 Å². The molecule has 2 N–H and O–H groups in total. The Kier molecular flexibility index (Phi) is 4.60. The summed E-state index contributed by atoms with van der Waals surface area (Å²) in [4.78, 5) is 20.7. The summed E-state index contributed by atoms with van der Waals surface area (Å²) in [5.74, 6) is -0.226. The molecule has 0 unspecified atom stereocenters. The van der Waals surface area contributed by atoms with E-state index >= 15 is 0 Å². The van der Waals surface area contributed by atoms with Crippen LogP contribution in [0.25, 0.3) is 0 Å². The fourth-order valence-corrected chi connectivity index (χ4v) is 1.47. The van der Waals surface area contributed by atoms with Gasteiger partial charge in [-0.2, -0.15) is 5.10 Å². The van der Waals surface area contributed by atoms with Crippen molar-refractivity contribution in [1.82, 2.24) is 5.43 Å². The van der Waals surface area contributed by atoms with Gasteiger partial charge in [0.25, 0.3) is 5.69 Å². The van der Waals surface area contributed by atoms with E-state index in [2.05, 4.69) is 25.8 Å². The minimum Gasteiger partial charge on any atom is -0.506 e. The van der Waals surface area contributed by atoms with Crippen molar-refractivity contribution in [2.75, 3.05) is 7.11 Å². The maximum absolute atomic E-state index is 10.7. The van der Waals surface area contributed by atoms with Gasteiger partial charge in [0.15, 0.2) is 0 Å². The number of phenols is 1. The van der Waals surface area contributed by atoms with Crippen LogP contribution in [0.4, 0.5) is 10.5 Å². The van der Waals surface area contributed by atoms with Crippen LogP contribution in [0.2, 0.25) is 0 Å². The van der Waals surface area contributed by atoms with Crippen molar-refractivity contribution in [3.63, 3.8) is 0 Å². The topological polar surface area (TPSA) is 114 Å². The minimum atomic E-state index is -0.796. The Labute approximate surface area is 110 Å². The molecule has 0 aliphatic carbocycles. The van der Waals surface area contributed by atoms with Crippen LogP contribution < -0.4 is 5.43 Å². The number of nitro groups is 1. The molecule has 1 rings (SSSR count). The SMILES string of the molecule is COC(=O)N/N=C/c1cc([N+](=O)[O-])cc(Br)c1O. The summed E-state index contributed by atoms with van der Waals surface area (Å²) < 4.78 is 4.41. The highest BCUT2D eigenvalue weighted by Crippen LogP contribution is 2.31. The van der Waals surface area contributed by atoms with Gasteiger partial charge in [-0.1, -0.05) is 0 Å². The number of ether oxygens (including phenoxy) is 1. The van der Waals surface area contributed by atoms with E-state index in [-0.39, 0.29) is 21.5 Å². The minimum absolute atomic E-state index is 0.0764. The molecule has 0 saturated carbocycles. The van der Waals surface area contributed by atoms with Crippen molar-refractivity contribution in [2.24, 2.45) is 5.10 Å². The number of nitrogens with one attached hydrogen (secondary N) is 1. The standard InChI is InChI=1S/C9H8BrN3O5/c1-18-9(15)12-11-4-5-2-6(13(16)17)3-7(10)8(5)14/h2-4,14H,1H3,(H,12,15)/b11-4+. The van der Waals surface area contributed by atoms with Gasteiger partial charge in [0.2, 0.25) is 0 Å². The van der Waals surface area contributed by atoms with E-state index in [0.717, 1.165) is 25.5 Å². The van der Waals surface area contributed by atoms with Crippen molar-refractivity contribution in [2.45, 2.75) is 0 Å². The monoisotopic (exact) mass is 317 g/mol. The summed E-state index contributed by atoms with van der Waals surface area (Å²) in [6.45, 7) is 0. The molecule has 0 aromatic heterocycles. The number of carbonyl (C=O) groups excluding carboxylic acids is 1. The molecule has 0 atom stereocenters. The van der Waals surface area contributed by atoms with Gasteiger partial charge >= 0.3 is 6.09 Å². The molecule has 0 bridgehead atoms. The highest BCUT2D eigenvalue weighted by Gasteiger charge is 2.13. The van der Waals surface area contributed by atoms with Gasteiger partial charge in [0.1, 0.15) is 5.75 Å². The summed E-state index contributed by atoms with van der Waals surface area (Å²) in [6, 6.07) is 2.27. The van der Waals surface area contributed by atoms with Crippen LogP contribution in [0.5, 0.6) is 5.75 Å². The van der Waals surface area contributed by atoms with Crippen LogP contribution >= 0.6 is 15.9 Å². The number of halogens is 1. The normalized spacial score (nSPS) is 10.3. The Hall–Kier alpha value is -2.16. The van der Waals surface area contributed by atoms with E-state index in [1.54, 1.807) is 0 Å². The van der Waals surface area contributed by atoms with Crippen molar-refractivity contribution in [1.29, 1.82) is 0 Å². The van der Waals surface area contributed by atoms with Crippen LogP contribution in [0, 0.1) is 10.1 Å². The second-order valence-corrected chi connectivity index (χ2v) is 3.84. The summed E-state index contributed by atoms with van der Waals surface area (Å²) in [5, 5.41) is 23.7. The zero-order chi connectivity index (χ0) is 13.7. The molecule has 1 aromatic rings. The Morgan fingerprint density at radius 3 is 2.89 bits per heavy atom. The number of non-ortho nitro benzene ring substituents is 1. The maximum Gasteiger partial charge on any atom is 0.427 e. The molecule has 96 valence electrons. The Bertz CT molecular complexity index is 517. The molecule has 9 heteroatoms. The summed E-state index contributed by atoms with van der Waals surface area (Å²) in [7, 11) is 1.16. The third-order valence-corrected chi connectivity index (χ3v) is 2.44. The fourth-order valence-electron chi connectivity index (χ4n) is 1.01. The second-order valence-electron chi connectivity index (χ2n) is 2.98. The number of nitro benzene ring substituents is 1. The Morgan fingerprint density at radius 2 is 2.33 bits per heavy atom. The first-order chi connectivity index (χ1) is 8.45. The van der Waals surface area contributed by atoms with Gasteiger partial charge in [-0.3, -0.25) is 10.1 Å². The zero-order valence-electron chi connectivity index (χ0n) is 9.08. The molecule has 18 heavy (non-hydrogen) atoms. The number of aromatic hydroxyl groups is 1. The Morgan fingerprint density at radius 1 is 1.67 bits per heavy atom. The third-order valence-electron chi connectivity index (χ3n) is 1.83. The van der Waals surface area contributed by atoms with Gasteiger partial charge in [0.05, 0.1) is 22.7 Å². The molecule has 0 spiro atoms. The lowest BCUT2D eigenvalue weighted by Gasteiger charge is -2.02. The lowest BCUT2D eigenvalue weighted by molar-refractivity contribution is -0.385. The number of hydrazone groups is 1. The molecule has 1 aromatic carbocycles. The average Bonchev–Trinajstić information content (AvgIpc) is 2.33. The van der Waals surface area contributed by atoms with Gasteiger partial charge in [-0.25, -0.2) is 10.2 Å². The molecule has 0 heterocycles. The first-order valence-electron chi connectivity index (χ1n) is 4.49. The number of hydrogen-bond acceptors (Lipinski definition) is 6. The van der Waals surface area contributed by atoms with E-state index < -0.39 is 11.0 Å². The molecular formula is C9H8BrN3O5. The lowest BCUT2D eigenvalue weighted by Crippen LogP contribution is -2.16. The first-order valence-corrected chi connectivity index (χ1v) is 5.29. The fraction of sp³-hybridized carbons (Fsp3) is 0.111. The van der Waals surface area contributed by atoms with E-state index in [9.17, 15) is 20.0 Å². The number of methoxy groups -OCH3 is 1. The van der Waals surface area contributed by atoms with Gasteiger partial charge in [-0.05, 0) is 15.9 Å². The number of rotatable bonds is 3. The summed E-state index contributed by atoms with van der Waals surface area (Å²) in [5.41, 5.74) is 1.84. The van der Waals surface area contributed by atoms with E-state index in [0.29, 0.717) is 0 Å². The number of amides is 1. The molecular weight excluding hydrogens is 310 g/mol. The number of nitrogens with zero attached hydrogens (tertiary/aromatic N) is 2. The highest BCUT2D eigenvalue weighted by molar-refractivity contribution is 9.10. The van der Waals surface area contributed by atoms with E-state index in [1.165, 1.54) is 0 Å². The Balaban J connectivity index is 3.01.